The largest absolute Gasteiger partial charge is 0.497 e. The molecule has 1 heterocycles. The van der Waals surface area contributed by atoms with Crippen molar-refractivity contribution in [3.8, 4) is 17.6 Å². The molecule has 0 bridgehead atoms. The first-order valence-electron chi connectivity index (χ1n) is 6.56. The van der Waals surface area contributed by atoms with Crippen molar-refractivity contribution in [2.24, 2.45) is 0 Å². The van der Waals surface area contributed by atoms with Gasteiger partial charge in [-0.3, -0.25) is 0 Å². The highest BCUT2D eigenvalue weighted by atomic mass is 16.5. The second-order valence-corrected chi connectivity index (χ2v) is 4.49. The van der Waals surface area contributed by atoms with Crippen molar-refractivity contribution >= 4 is 5.82 Å². The number of methoxy groups -OCH3 is 1. The molecule has 2 N–H and O–H groups in total. The zero-order valence-electron chi connectivity index (χ0n) is 12.0. The van der Waals surface area contributed by atoms with Crippen LogP contribution in [0.3, 0.4) is 0 Å². The van der Waals surface area contributed by atoms with Crippen LogP contribution in [-0.2, 0) is 0 Å². The number of rotatable bonds is 4. The number of ether oxygens (including phenoxy) is 1. The molecule has 108 valence electrons. The van der Waals surface area contributed by atoms with Crippen LogP contribution in [0.4, 0.5) is 5.82 Å². The molecule has 2 rings (SSSR count). The SMILES string of the molecule is COc1cccc(C#Cc2cncnc2N[C@H](C)CO)c1. The van der Waals surface area contributed by atoms with Crippen molar-refractivity contribution in [3.63, 3.8) is 0 Å². The van der Waals surface area contributed by atoms with Crippen molar-refractivity contribution in [3.05, 3.63) is 47.9 Å². The molecule has 0 aliphatic carbocycles. The third kappa shape index (κ3) is 4.20. The van der Waals surface area contributed by atoms with Crippen molar-refractivity contribution in [2.45, 2.75) is 13.0 Å². The van der Waals surface area contributed by atoms with E-state index in [0.717, 1.165) is 11.3 Å². The zero-order valence-corrected chi connectivity index (χ0v) is 12.0. The number of benzene rings is 1. The van der Waals surface area contributed by atoms with Gasteiger partial charge in [-0.2, -0.15) is 0 Å². The van der Waals surface area contributed by atoms with E-state index in [0.29, 0.717) is 11.4 Å². The number of aliphatic hydroxyl groups excluding tert-OH is 1. The van der Waals surface area contributed by atoms with E-state index in [1.165, 1.54) is 6.33 Å². The average Bonchev–Trinajstić information content (AvgIpc) is 2.54. The second-order valence-electron chi connectivity index (χ2n) is 4.49. The Hall–Kier alpha value is -2.58. The number of nitrogens with one attached hydrogen (secondary N) is 1. The van der Waals surface area contributed by atoms with Gasteiger partial charge in [0, 0.05) is 17.8 Å². The first kappa shape index (κ1) is 14.8. The molecular weight excluding hydrogens is 266 g/mol. The zero-order chi connectivity index (χ0) is 15.1. The third-order valence-electron chi connectivity index (χ3n) is 2.78. The van der Waals surface area contributed by atoms with E-state index in [4.69, 9.17) is 9.84 Å². The molecule has 0 fully saturated rings. The molecule has 0 amide bonds. The van der Waals surface area contributed by atoms with Crippen molar-refractivity contribution in [1.82, 2.24) is 9.97 Å². The summed E-state index contributed by atoms with van der Waals surface area (Å²) in [5, 5.41) is 12.2. The maximum Gasteiger partial charge on any atom is 0.145 e. The van der Waals surface area contributed by atoms with Gasteiger partial charge in [-0.1, -0.05) is 17.9 Å². The van der Waals surface area contributed by atoms with Gasteiger partial charge < -0.3 is 15.2 Å². The molecule has 1 aromatic heterocycles. The standard InChI is InChI=1S/C16H17N3O2/c1-12(10-20)19-16-14(9-17-11-18-16)7-6-13-4-3-5-15(8-13)21-2/h3-5,8-9,11-12,20H,10H2,1-2H3,(H,17,18,19)/t12-/m1/s1. The lowest BCUT2D eigenvalue weighted by Gasteiger charge is -2.11. The van der Waals surface area contributed by atoms with Crippen LogP contribution in [0.5, 0.6) is 5.75 Å². The molecule has 5 nitrogen and oxygen atoms in total. The minimum absolute atomic E-state index is 0.0206. The fraction of sp³-hybridized carbons (Fsp3) is 0.250. The van der Waals surface area contributed by atoms with E-state index in [1.54, 1.807) is 13.3 Å². The molecule has 0 unspecified atom stereocenters. The van der Waals surface area contributed by atoms with Gasteiger partial charge in [0.05, 0.1) is 19.3 Å². The van der Waals surface area contributed by atoms with E-state index < -0.39 is 0 Å². The minimum Gasteiger partial charge on any atom is -0.497 e. The van der Waals surface area contributed by atoms with Gasteiger partial charge >= 0.3 is 0 Å². The molecule has 0 saturated carbocycles. The normalized spacial score (nSPS) is 11.2. The van der Waals surface area contributed by atoms with Crippen LogP contribution in [0.15, 0.2) is 36.8 Å². The fourth-order valence-electron chi connectivity index (χ4n) is 1.66. The van der Waals surface area contributed by atoms with Crippen LogP contribution in [0.1, 0.15) is 18.1 Å². The highest BCUT2D eigenvalue weighted by molar-refractivity contribution is 5.55. The number of aromatic nitrogens is 2. The highest BCUT2D eigenvalue weighted by Crippen LogP contribution is 2.13. The van der Waals surface area contributed by atoms with Gasteiger partial charge in [0.2, 0.25) is 0 Å². The monoisotopic (exact) mass is 283 g/mol. The average molecular weight is 283 g/mol. The van der Waals surface area contributed by atoms with Gasteiger partial charge in [0.25, 0.3) is 0 Å². The van der Waals surface area contributed by atoms with Gasteiger partial charge in [-0.25, -0.2) is 9.97 Å². The maximum atomic E-state index is 9.10. The van der Waals surface area contributed by atoms with Crippen LogP contribution < -0.4 is 10.1 Å². The highest BCUT2D eigenvalue weighted by Gasteiger charge is 2.05. The smallest absolute Gasteiger partial charge is 0.145 e. The molecule has 0 saturated heterocycles. The molecular formula is C16H17N3O2. The fourth-order valence-corrected chi connectivity index (χ4v) is 1.66. The van der Waals surface area contributed by atoms with Crippen LogP contribution in [0.25, 0.3) is 0 Å². The Morgan fingerprint density at radius 3 is 3.00 bits per heavy atom. The molecule has 21 heavy (non-hydrogen) atoms. The first-order chi connectivity index (χ1) is 10.2. The predicted molar refractivity (Wildman–Crippen MR) is 81.2 cm³/mol. The van der Waals surface area contributed by atoms with Gasteiger partial charge in [0.15, 0.2) is 0 Å². The Kier molecular flexibility index (Phi) is 5.13. The summed E-state index contributed by atoms with van der Waals surface area (Å²) in [7, 11) is 1.62. The third-order valence-corrected chi connectivity index (χ3v) is 2.78. The maximum absolute atomic E-state index is 9.10. The second kappa shape index (κ2) is 7.27. The molecule has 1 aromatic carbocycles. The molecule has 1 atom stereocenters. The molecule has 2 aromatic rings. The number of anilines is 1. The predicted octanol–water partition coefficient (Wildman–Crippen LogP) is 1.68. The number of hydrogen-bond acceptors (Lipinski definition) is 5. The number of nitrogens with zero attached hydrogens (tertiary/aromatic N) is 2. The summed E-state index contributed by atoms with van der Waals surface area (Å²) >= 11 is 0. The Labute approximate surface area is 124 Å². The van der Waals surface area contributed by atoms with Crippen LogP contribution in [-0.4, -0.2) is 34.8 Å². The van der Waals surface area contributed by atoms with Gasteiger partial charge in [-0.05, 0) is 25.1 Å². The van der Waals surface area contributed by atoms with Crippen molar-refractivity contribution in [1.29, 1.82) is 0 Å². The van der Waals surface area contributed by atoms with Gasteiger partial charge in [0.1, 0.15) is 17.9 Å². The van der Waals surface area contributed by atoms with E-state index in [9.17, 15) is 0 Å². The van der Waals surface area contributed by atoms with Crippen LogP contribution >= 0.6 is 0 Å². The van der Waals surface area contributed by atoms with Crippen LogP contribution in [0, 0.1) is 11.8 Å². The summed E-state index contributed by atoms with van der Waals surface area (Å²) in [5.41, 5.74) is 1.53. The Morgan fingerprint density at radius 1 is 1.38 bits per heavy atom. The summed E-state index contributed by atoms with van der Waals surface area (Å²) in [6, 6.07) is 7.42. The van der Waals surface area contributed by atoms with E-state index in [1.807, 2.05) is 31.2 Å². The van der Waals surface area contributed by atoms with E-state index >= 15 is 0 Å². The summed E-state index contributed by atoms with van der Waals surface area (Å²) < 4.78 is 5.17. The first-order valence-corrected chi connectivity index (χ1v) is 6.56. The molecule has 0 aliphatic rings. The van der Waals surface area contributed by atoms with Crippen molar-refractivity contribution in [2.75, 3.05) is 19.0 Å². The topological polar surface area (TPSA) is 67.3 Å². The Morgan fingerprint density at radius 2 is 2.24 bits per heavy atom. The number of aliphatic hydroxyl groups is 1. The quantitative estimate of drug-likeness (QED) is 0.836. The molecule has 0 spiro atoms. The van der Waals surface area contributed by atoms with E-state index in [-0.39, 0.29) is 12.6 Å². The summed E-state index contributed by atoms with van der Waals surface area (Å²) in [6.45, 7) is 1.88. The molecule has 5 heteroatoms. The summed E-state index contributed by atoms with van der Waals surface area (Å²) in [5.74, 6) is 7.47. The lowest BCUT2D eigenvalue weighted by Crippen LogP contribution is -2.20. The van der Waals surface area contributed by atoms with Crippen LogP contribution in [0.2, 0.25) is 0 Å². The number of hydrogen-bond donors (Lipinski definition) is 2. The Balaban J connectivity index is 2.25. The Bertz CT molecular complexity index is 662. The minimum atomic E-state index is -0.0998. The van der Waals surface area contributed by atoms with E-state index in [2.05, 4.69) is 27.1 Å². The molecule has 0 aliphatic heterocycles. The molecule has 0 radical (unpaired) electrons. The summed E-state index contributed by atoms with van der Waals surface area (Å²) in [4.78, 5) is 8.14. The van der Waals surface area contributed by atoms with Gasteiger partial charge in [-0.15, -0.1) is 0 Å². The lowest BCUT2D eigenvalue weighted by molar-refractivity contribution is 0.281. The summed E-state index contributed by atoms with van der Waals surface area (Å²) in [6.07, 6.45) is 3.09. The van der Waals surface area contributed by atoms with Crippen molar-refractivity contribution < 1.29 is 9.84 Å². The lowest BCUT2D eigenvalue weighted by atomic mass is 10.2.